The van der Waals surface area contributed by atoms with Gasteiger partial charge in [0.15, 0.2) is 4.67 Å². The molecule has 1 fully saturated rings. The number of carboxylic acid groups (broad SMARTS) is 1. The molecule has 0 saturated carbocycles. The number of nitrogens with zero attached hydrogens (tertiary/aromatic N) is 1. The Morgan fingerprint density at radius 1 is 1.42 bits per heavy atom. The second-order valence-corrected chi connectivity index (χ2v) is 5.14. The molecule has 1 atom stereocenters. The molecule has 102 valence electrons. The van der Waals surface area contributed by atoms with Crippen molar-refractivity contribution in [3.8, 4) is 0 Å². The summed E-state index contributed by atoms with van der Waals surface area (Å²) in [6.45, 7) is 0.488. The third-order valence-electron chi connectivity index (χ3n) is 3.06. The average molecular weight is 328 g/mol. The third kappa shape index (κ3) is 3.47. The van der Waals surface area contributed by atoms with Gasteiger partial charge in [-0.1, -0.05) is 0 Å². The van der Waals surface area contributed by atoms with Crippen LogP contribution in [0.1, 0.15) is 25.0 Å². The molecule has 0 aromatic carbocycles. The van der Waals surface area contributed by atoms with Gasteiger partial charge in [-0.15, -0.1) is 0 Å². The standard InChI is InChI=1S/C13H14BrNO4/c14-11-6-4-9(19-11)5-7-12(16)15-8-2-1-3-10(15)13(17)18/h4-7,10H,1-3,8H2,(H,17,18)/t10-/m0/s1. The zero-order valence-corrected chi connectivity index (χ0v) is 11.8. The molecule has 19 heavy (non-hydrogen) atoms. The van der Waals surface area contributed by atoms with E-state index in [1.807, 2.05) is 0 Å². The van der Waals surface area contributed by atoms with E-state index in [-0.39, 0.29) is 5.91 Å². The number of hydrogen-bond donors (Lipinski definition) is 1. The van der Waals surface area contributed by atoms with Gasteiger partial charge in [-0.2, -0.15) is 0 Å². The predicted octanol–water partition coefficient (Wildman–Crippen LogP) is 2.52. The molecule has 0 unspecified atom stereocenters. The lowest BCUT2D eigenvalue weighted by Crippen LogP contribution is -2.47. The monoisotopic (exact) mass is 327 g/mol. The van der Waals surface area contributed by atoms with E-state index in [2.05, 4.69) is 15.9 Å². The fourth-order valence-corrected chi connectivity index (χ4v) is 2.44. The van der Waals surface area contributed by atoms with Gasteiger partial charge in [-0.05, 0) is 53.4 Å². The van der Waals surface area contributed by atoms with Crippen LogP contribution in [0.15, 0.2) is 27.3 Å². The van der Waals surface area contributed by atoms with Crippen molar-refractivity contribution in [1.82, 2.24) is 4.90 Å². The van der Waals surface area contributed by atoms with Gasteiger partial charge in [0.25, 0.3) is 0 Å². The van der Waals surface area contributed by atoms with Crippen molar-refractivity contribution in [3.05, 3.63) is 28.6 Å². The Morgan fingerprint density at radius 3 is 2.84 bits per heavy atom. The zero-order chi connectivity index (χ0) is 13.8. The molecule has 1 aromatic heterocycles. The molecule has 0 radical (unpaired) electrons. The topological polar surface area (TPSA) is 70.8 Å². The van der Waals surface area contributed by atoms with Gasteiger partial charge in [0.05, 0.1) is 0 Å². The molecule has 0 aliphatic carbocycles. The van der Waals surface area contributed by atoms with Crippen LogP contribution in [-0.4, -0.2) is 34.5 Å². The van der Waals surface area contributed by atoms with Gasteiger partial charge in [0.2, 0.25) is 5.91 Å². The number of rotatable bonds is 3. The van der Waals surface area contributed by atoms with Crippen LogP contribution in [-0.2, 0) is 9.59 Å². The lowest BCUT2D eigenvalue weighted by atomic mass is 10.0. The number of carbonyl (C=O) groups is 2. The maximum absolute atomic E-state index is 12.0. The Hall–Kier alpha value is -1.56. The van der Waals surface area contributed by atoms with Crippen LogP contribution >= 0.6 is 15.9 Å². The highest BCUT2D eigenvalue weighted by atomic mass is 79.9. The smallest absolute Gasteiger partial charge is 0.326 e. The van der Waals surface area contributed by atoms with Crippen molar-refractivity contribution in [2.45, 2.75) is 25.3 Å². The summed E-state index contributed by atoms with van der Waals surface area (Å²) in [5, 5.41) is 9.10. The summed E-state index contributed by atoms with van der Waals surface area (Å²) in [6, 6.07) is 2.73. The normalized spacial score (nSPS) is 19.8. The number of hydrogen-bond acceptors (Lipinski definition) is 3. The summed E-state index contributed by atoms with van der Waals surface area (Å²) < 4.78 is 5.82. The first-order valence-corrected chi connectivity index (χ1v) is 6.84. The van der Waals surface area contributed by atoms with E-state index < -0.39 is 12.0 Å². The Bertz CT molecular complexity index is 508. The molecule has 1 aliphatic heterocycles. The Balaban J connectivity index is 2.05. The van der Waals surface area contributed by atoms with Crippen molar-refractivity contribution in [2.75, 3.05) is 6.54 Å². The van der Waals surface area contributed by atoms with Crippen LogP contribution in [0.5, 0.6) is 0 Å². The molecule has 0 spiro atoms. The summed E-state index contributed by atoms with van der Waals surface area (Å²) in [7, 11) is 0. The second kappa shape index (κ2) is 6.06. The van der Waals surface area contributed by atoms with Gasteiger partial charge in [0, 0.05) is 12.6 Å². The summed E-state index contributed by atoms with van der Waals surface area (Å²) in [6.07, 6.45) is 5.10. The van der Waals surface area contributed by atoms with Crippen LogP contribution in [0.4, 0.5) is 0 Å². The fourth-order valence-electron chi connectivity index (χ4n) is 2.12. The molecule has 1 saturated heterocycles. The summed E-state index contributed by atoms with van der Waals surface area (Å²) in [5.74, 6) is -0.689. The second-order valence-electron chi connectivity index (χ2n) is 4.36. The lowest BCUT2D eigenvalue weighted by molar-refractivity contribution is -0.150. The maximum Gasteiger partial charge on any atom is 0.326 e. The first-order valence-electron chi connectivity index (χ1n) is 6.05. The predicted molar refractivity (Wildman–Crippen MR) is 72.4 cm³/mol. The van der Waals surface area contributed by atoms with E-state index in [1.54, 1.807) is 18.2 Å². The highest BCUT2D eigenvalue weighted by Gasteiger charge is 2.30. The van der Waals surface area contributed by atoms with Gasteiger partial charge in [-0.3, -0.25) is 4.79 Å². The van der Waals surface area contributed by atoms with Crippen LogP contribution in [0, 0.1) is 0 Å². The molecule has 5 nitrogen and oxygen atoms in total. The van der Waals surface area contributed by atoms with Crippen molar-refractivity contribution in [3.63, 3.8) is 0 Å². The number of furan rings is 1. The number of carboxylic acids is 1. The Kier molecular flexibility index (Phi) is 4.42. The van der Waals surface area contributed by atoms with E-state index in [0.717, 1.165) is 12.8 Å². The summed E-state index contributed by atoms with van der Waals surface area (Å²) in [5.41, 5.74) is 0. The number of carbonyl (C=O) groups excluding carboxylic acids is 1. The van der Waals surface area contributed by atoms with Crippen LogP contribution in [0.3, 0.4) is 0 Å². The SMILES string of the molecule is O=C(O)[C@@H]1CCCCN1C(=O)C=Cc1ccc(Br)o1. The van der Waals surface area contributed by atoms with E-state index in [4.69, 9.17) is 9.52 Å². The number of piperidine rings is 1. The summed E-state index contributed by atoms with van der Waals surface area (Å²) in [4.78, 5) is 24.5. The lowest BCUT2D eigenvalue weighted by Gasteiger charge is -2.32. The molecule has 1 amide bonds. The Morgan fingerprint density at radius 2 is 2.21 bits per heavy atom. The van der Waals surface area contributed by atoms with Crippen molar-refractivity contribution >= 4 is 33.9 Å². The molecule has 1 N–H and O–H groups in total. The molecular weight excluding hydrogens is 314 g/mol. The van der Waals surface area contributed by atoms with E-state index in [0.29, 0.717) is 23.4 Å². The highest BCUT2D eigenvalue weighted by molar-refractivity contribution is 9.10. The van der Waals surface area contributed by atoms with E-state index in [9.17, 15) is 9.59 Å². The van der Waals surface area contributed by atoms with Crippen LogP contribution in [0.2, 0.25) is 0 Å². The van der Waals surface area contributed by atoms with E-state index >= 15 is 0 Å². The number of aliphatic carboxylic acids is 1. The molecule has 1 aliphatic rings. The maximum atomic E-state index is 12.0. The van der Waals surface area contributed by atoms with Gasteiger partial charge in [0.1, 0.15) is 11.8 Å². The molecule has 6 heteroatoms. The third-order valence-corrected chi connectivity index (χ3v) is 3.48. The first kappa shape index (κ1) is 13.9. The molecule has 2 rings (SSSR count). The largest absolute Gasteiger partial charge is 0.480 e. The van der Waals surface area contributed by atoms with Gasteiger partial charge >= 0.3 is 5.97 Å². The van der Waals surface area contributed by atoms with E-state index in [1.165, 1.54) is 11.0 Å². The van der Waals surface area contributed by atoms with Crippen molar-refractivity contribution < 1.29 is 19.1 Å². The first-order chi connectivity index (χ1) is 9.08. The molecular formula is C13H14BrNO4. The highest BCUT2D eigenvalue weighted by Crippen LogP contribution is 2.19. The molecule has 0 bridgehead atoms. The quantitative estimate of drug-likeness (QED) is 0.866. The van der Waals surface area contributed by atoms with Crippen molar-refractivity contribution in [1.29, 1.82) is 0 Å². The van der Waals surface area contributed by atoms with Crippen LogP contribution < -0.4 is 0 Å². The summed E-state index contributed by atoms with van der Waals surface area (Å²) >= 11 is 3.17. The minimum atomic E-state index is -0.942. The number of likely N-dealkylation sites (tertiary alicyclic amines) is 1. The zero-order valence-electron chi connectivity index (χ0n) is 10.2. The van der Waals surface area contributed by atoms with Crippen molar-refractivity contribution in [2.24, 2.45) is 0 Å². The Labute approximate surface area is 119 Å². The van der Waals surface area contributed by atoms with Gasteiger partial charge in [-0.25, -0.2) is 4.79 Å². The fraction of sp³-hybridized carbons (Fsp3) is 0.385. The van der Waals surface area contributed by atoms with Gasteiger partial charge < -0.3 is 14.4 Å². The molecule has 2 heterocycles. The van der Waals surface area contributed by atoms with Crippen LogP contribution in [0.25, 0.3) is 6.08 Å². The number of halogens is 1. The molecule has 1 aromatic rings. The minimum Gasteiger partial charge on any atom is -0.480 e. The minimum absolute atomic E-state index is 0.292. The average Bonchev–Trinajstić information content (AvgIpc) is 2.81. The number of amides is 1.